The van der Waals surface area contributed by atoms with Crippen molar-refractivity contribution in [2.24, 2.45) is 0 Å². The van der Waals surface area contributed by atoms with Crippen molar-refractivity contribution in [1.29, 1.82) is 0 Å². The van der Waals surface area contributed by atoms with Crippen LogP contribution in [0.2, 0.25) is 0 Å². The monoisotopic (exact) mass is 343 g/mol. The fraction of sp³-hybridized carbons (Fsp3) is 0.278. The summed E-state index contributed by atoms with van der Waals surface area (Å²) in [7, 11) is 3.91. The Labute approximate surface area is 146 Å². The minimum absolute atomic E-state index is 0.0422. The summed E-state index contributed by atoms with van der Waals surface area (Å²) in [6.45, 7) is 3.99. The number of benzene rings is 1. The molecule has 0 aliphatic carbocycles. The fourth-order valence-corrected chi connectivity index (χ4v) is 3.05. The zero-order valence-corrected chi connectivity index (χ0v) is 15.1. The van der Waals surface area contributed by atoms with E-state index in [0.717, 1.165) is 5.69 Å². The number of aromatic nitrogens is 1. The van der Waals surface area contributed by atoms with E-state index in [1.807, 2.05) is 55.6 Å². The number of allylic oxidation sites excluding steroid dienone is 1. The van der Waals surface area contributed by atoms with Crippen molar-refractivity contribution >= 4 is 39.9 Å². The lowest BCUT2D eigenvalue weighted by Gasteiger charge is -2.14. The Morgan fingerprint density at radius 1 is 1.21 bits per heavy atom. The quantitative estimate of drug-likeness (QED) is 0.595. The highest BCUT2D eigenvalue weighted by atomic mass is 32.1. The van der Waals surface area contributed by atoms with E-state index in [9.17, 15) is 9.59 Å². The molecule has 0 saturated heterocycles. The number of amides is 1. The predicted molar refractivity (Wildman–Crippen MR) is 99.9 cm³/mol. The molecule has 24 heavy (non-hydrogen) atoms. The van der Waals surface area contributed by atoms with Crippen molar-refractivity contribution in [2.75, 3.05) is 30.4 Å². The summed E-state index contributed by atoms with van der Waals surface area (Å²) in [6, 6.07) is 7.44. The Hall–Kier alpha value is -2.47. The van der Waals surface area contributed by atoms with Gasteiger partial charge in [-0.25, -0.2) is 4.98 Å². The molecule has 0 saturated carbocycles. The van der Waals surface area contributed by atoms with Crippen LogP contribution in [0.5, 0.6) is 0 Å². The molecule has 1 aromatic carbocycles. The standard InChI is InChI=1S/C18H21N3O2S/c1-5-21(13(2)22)18-19-15(12-24-18)8-11-17(23)14-6-9-16(10-7-14)20(3)4/h6-12H,5H2,1-4H3/b11-8+. The Morgan fingerprint density at radius 3 is 2.42 bits per heavy atom. The normalized spacial score (nSPS) is 10.8. The topological polar surface area (TPSA) is 53.5 Å². The maximum atomic E-state index is 12.2. The zero-order valence-electron chi connectivity index (χ0n) is 14.3. The Balaban J connectivity index is 2.09. The van der Waals surface area contributed by atoms with Crippen LogP contribution in [0.15, 0.2) is 35.7 Å². The lowest BCUT2D eigenvalue weighted by Crippen LogP contribution is -2.27. The zero-order chi connectivity index (χ0) is 17.7. The molecular weight excluding hydrogens is 322 g/mol. The molecule has 2 rings (SSSR count). The van der Waals surface area contributed by atoms with Crippen LogP contribution in [-0.2, 0) is 4.79 Å². The molecule has 0 unspecified atom stereocenters. The van der Waals surface area contributed by atoms with Crippen LogP contribution >= 0.6 is 11.3 Å². The number of nitrogens with zero attached hydrogens (tertiary/aromatic N) is 3. The molecule has 0 aliphatic rings. The number of hydrogen-bond donors (Lipinski definition) is 0. The number of carbonyl (C=O) groups is 2. The van der Waals surface area contributed by atoms with Crippen LogP contribution in [0.3, 0.4) is 0 Å². The van der Waals surface area contributed by atoms with E-state index in [-0.39, 0.29) is 11.7 Å². The van der Waals surface area contributed by atoms with Gasteiger partial charge in [-0.05, 0) is 43.3 Å². The van der Waals surface area contributed by atoms with E-state index >= 15 is 0 Å². The van der Waals surface area contributed by atoms with Gasteiger partial charge in [0.15, 0.2) is 10.9 Å². The first kappa shape index (κ1) is 17.9. The van der Waals surface area contributed by atoms with Gasteiger partial charge in [-0.3, -0.25) is 14.5 Å². The summed E-state index contributed by atoms with van der Waals surface area (Å²) >= 11 is 1.39. The average Bonchev–Trinajstić information content (AvgIpc) is 3.01. The van der Waals surface area contributed by atoms with Gasteiger partial charge in [0.1, 0.15) is 0 Å². The molecule has 0 spiro atoms. The Morgan fingerprint density at radius 2 is 1.88 bits per heavy atom. The molecular formula is C18H21N3O2S. The van der Waals surface area contributed by atoms with E-state index in [1.165, 1.54) is 24.3 Å². The number of rotatable bonds is 6. The highest BCUT2D eigenvalue weighted by Gasteiger charge is 2.12. The Bertz CT molecular complexity index is 748. The van der Waals surface area contributed by atoms with Crippen LogP contribution in [0.1, 0.15) is 29.9 Å². The van der Waals surface area contributed by atoms with Gasteiger partial charge >= 0.3 is 0 Å². The van der Waals surface area contributed by atoms with Gasteiger partial charge in [-0.2, -0.15) is 0 Å². The van der Waals surface area contributed by atoms with Crippen molar-refractivity contribution in [2.45, 2.75) is 13.8 Å². The molecule has 0 fully saturated rings. The summed E-state index contributed by atoms with van der Waals surface area (Å²) in [4.78, 5) is 31.7. The van der Waals surface area contributed by atoms with Crippen LogP contribution in [0, 0.1) is 0 Å². The van der Waals surface area contributed by atoms with Crippen LogP contribution in [-0.4, -0.2) is 37.3 Å². The second-order valence-corrected chi connectivity index (χ2v) is 6.29. The second kappa shape index (κ2) is 7.88. The summed E-state index contributed by atoms with van der Waals surface area (Å²) in [5.74, 6) is -0.117. The van der Waals surface area contributed by atoms with Gasteiger partial charge in [-0.1, -0.05) is 0 Å². The molecule has 0 N–H and O–H groups in total. The van der Waals surface area contributed by atoms with Crippen molar-refractivity contribution in [3.63, 3.8) is 0 Å². The van der Waals surface area contributed by atoms with Gasteiger partial charge < -0.3 is 4.90 Å². The van der Waals surface area contributed by atoms with Crippen molar-refractivity contribution in [3.8, 4) is 0 Å². The maximum Gasteiger partial charge on any atom is 0.225 e. The minimum atomic E-state index is -0.0752. The molecule has 126 valence electrons. The first-order valence-corrected chi connectivity index (χ1v) is 8.53. The van der Waals surface area contributed by atoms with Crippen LogP contribution < -0.4 is 9.80 Å². The highest BCUT2D eigenvalue weighted by Crippen LogP contribution is 2.21. The van der Waals surface area contributed by atoms with E-state index in [1.54, 1.807) is 11.0 Å². The SMILES string of the molecule is CCN(C(C)=O)c1nc(/C=C/C(=O)c2ccc(N(C)C)cc2)cs1. The molecule has 0 atom stereocenters. The van der Waals surface area contributed by atoms with Crippen molar-refractivity contribution < 1.29 is 9.59 Å². The van der Waals surface area contributed by atoms with Gasteiger partial charge in [-0.15, -0.1) is 11.3 Å². The molecule has 0 bridgehead atoms. The lowest BCUT2D eigenvalue weighted by molar-refractivity contribution is -0.116. The summed E-state index contributed by atoms with van der Waals surface area (Å²) in [5, 5.41) is 2.48. The third kappa shape index (κ3) is 4.29. The Kier molecular flexibility index (Phi) is 5.87. The van der Waals surface area contributed by atoms with Crippen molar-refractivity contribution in [3.05, 3.63) is 47.0 Å². The van der Waals surface area contributed by atoms with Gasteiger partial charge in [0.25, 0.3) is 0 Å². The van der Waals surface area contributed by atoms with Crippen LogP contribution in [0.4, 0.5) is 10.8 Å². The molecule has 6 heteroatoms. The van der Waals surface area contributed by atoms with Crippen molar-refractivity contribution in [1.82, 2.24) is 4.98 Å². The van der Waals surface area contributed by atoms with E-state index in [2.05, 4.69) is 4.98 Å². The molecule has 5 nitrogen and oxygen atoms in total. The molecule has 0 aliphatic heterocycles. The molecule has 1 amide bonds. The van der Waals surface area contributed by atoms with E-state index in [4.69, 9.17) is 0 Å². The first-order chi connectivity index (χ1) is 11.4. The summed E-state index contributed by atoms with van der Waals surface area (Å²) in [6.07, 6.45) is 3.18. The number of carbonyl (C=O) groups excluding carboxylic acids is 2. The first-order valence-electron chi connectivity index (χ1n) is 7.65. The molecule has 2 aromatic rings. The molecule has 1 aromatic heterocycles. The number of ketones is 1. The second-order valence-electron chi connectivity index (χ2n) is 5.46. The third-order valence-corrected chi connectivity index (χ3v) is 4.39. The number of thiazole rings is 1. The van der Waals surface area contributed by atoms with Gasteiger partial charge in [0.2, 0.25) is 5.91 Å². The molecule has 0 radical (unpaired) electrons. The predicted octanol–water partition coefficient (Wildman–Crippen LogP) is 3.48. The summed E-state index contributed by atoms with van der Waals surface area (Å²) in [5.41, 5.74) is 2.35. The van der Waals surface area contributed by atoms with Crippen LogP contribution in [0.25, 0.3) is 6.08 Å². The molecule has 1 heterocycles. The average molecular weight is 343 g/mol. The smallest absolute Gasteiger partial charge is 0.225 e. The number of hydrogen-bond acceptors (Lipinski definition) is 5. The number of anilines is 2. The van der Waals surface area contributed by atoms with Gasteiger partial charge in [0, 0.05) is 44.2 Å². The fourth-order valence-electron chi connectivity index (χ4n) is 2.15. The highest BCUT2D eigenvalue weighted by molar-refractivity contribution is 7.14. The summed E-state index contributed by atoms with van der Waals surface area (Å²) < 4.78 is 0. The van der Waals surface area contributed by atoms with E-state index < -0.39 is 0 Å². The lowest BCUT2D eigenvalue weighted by atomic mass is 10.1. The van der Waals surface area contributed by atoms with Gasteiger partial charge in [0.05, 0.1) is 5.69 Å². The largest absolute Gasteiger partial charge is 0.378 e. The third-order valence-electron chi connectivity index (χ3n) is 3.51. The maximum absolute atomic E-state index is 12.2. The van der Waals surface area contributed by atoms with E-state index in [0.29, 0.717) is 22.9 Å². The minimum Gasteiger partial charge on any atom is -0.378 e.